The highest BCUT2D eigenvalue weighted by Crippen LogP contribution is 2.43. The number of carbonyl (C=O) groups is 2. The van der Waals surface area contributed by atoms with Gasteiger partial charge in [-0.15, -0.1) is 0 Å². The summed E-state index contributed by atoms with van der Waals surface area (Å²) in [7, 11) is 0. The molecule has 2 atom stereocenters. The van der Waals surface area contributed by atoms with Gasteiger partial charge in [0.2, 0.25) is 12.3 Å². The van der Waals surface area contributed by atoms with Crippen molar-refractivity contribution in [1.82, 2.24) is 30.0 Å². The third-order valence-corrected chi connectivity index (χ3v) is 11.1. The van der Waals surface area contributed by atoms with Crippen LogP contribution in [0.5, 0.6) is 0 Å². The fourth-order valence-corrected chi connectivity index (χ4v) is 8.27. The molecule has 11 nitrogen and oxygen atoms in total. The predicted molar refractivity (Wildman–Crippen MR) is 195 cm³/mol. The van der Waals surface area contributed by atoms with E-state index in [1.165, 1.54) is 6.07 Å². The van der Waals surface area contributed by atoms with E-state index in [9.17, 15) is 27.9 Å². The van der Waals surface area contributed by atoms with Crippen molar-refractivity contribution >= 4 is 44.9 Å². The van der Waals surface area contributed by atoms with Crippen molar-refractivity contribution in [2.24, 2.45) is 5.92 Å². The van der Waals surface area contributed by atoms with E-state index in [1.807, 2.05) is 15.8 Å². The maximum atomic E-state index is 15.8. The Bertz CT molecular complexity index is 2240. The summed E-state index contributed by atoms with van der Waals surface area (Å²) in [6.07, 6.45) is 3.23. The van der Waals surface area contributed by atoms with Gasteiger partial charge < -0.3 is 20.6 Å². The summed E-state index contributed by atoms with van der Waals surface area (Å²) in [4.78, 5) is 35.6. The SMILES string of the molecule is O=C1CCN(c2cncc3cc(C4CCN(C[C@H]5CC[C@H](n6cc7cc(NC(=O)c8cccc(C(F)(F)F)n8)ccc7n6)CC5)CC4(F)F)ccc23)C(O)N1. The van der Waals surface area contributed by atoms with E-state index >= 15 is 8.78 Å². The van der Waals surface area contributed by atoms with Gasteiger partial charge in [-0.05, 0) is 86.5 Å². The number of halogens is 5. The fourth-order valence-electron chi connectivity index (χ4n) is 8.27. The maximum absolute atomic E-state index is 15.8. The number of anilines is 2. The van der Waals surface area contributed by atoms with Crippen molar-refractivity contribution in [3.63, 3.8) is 0 Å². The number of nitrogens with zero attached hydrogens (tertiary/aromatic N) is 6. The van der Waals surface area contributed by atoms with Crippen LogP contribution in [0.1, 0.15) is 72.2 Å². The summed E-state index contributed by atoms with van der Waals surface area (Å²) in [6, 6.07) is 13.7. The number of likely N-dealkylation sites (tertiary alicyclic amines) is 1. The van der Waals surface area contributed by atoms with Crippen molar-refractivity contribution in [3.8, 4) is 0 Å². The second kappa shape index (κ2) is 14.5. The number of hydrogen-bond acceptors (Lipinski definition) is 8. The Labute approximate surface area is 312 Å². The first-order valence-electron chi connectivity index (χ1n) is 18.4. The number of aliphatic hydroxyl groups is 1. The average Bonchev–Trinajstić information content (AvgIpc) is 3.58. The second-order valence-electron chi connectivity index (χ2n) is 14.8. The molecule has 55 heavy (non-hydrogen) atoms. The summed E-state index contributed by atoms with van der Waals surface area (Å²) in [6.45, 7) is 1.15. The largest absolute Gasteiger partial charge is 0.433 e. The van der Waals surface area contributed by atoms with E-state index in [2.05, 4.69) is 20.6 Å². The molecule has 3 fully saturated rings. The molecule has 0 bridgehead atoms. The Morgan fingerprint density at radius 2 is 1.80 bits per heavy atom. The van der Waals surface area contributed by atoms with Crippen LogP contribution < -0.4 is 15.5 Å². The number of nitrogens with one attached hydrogen (secondary N) is 2. The minimum absolute atomic E-state index is 0.128. The van der Waals surface area contributed by atoms with Crippen LogP contribution >= 0.6 is 0 Å². The van der Waals surface area contributed by atoms with Crippen molar-refractivity contribution in [2.75, 3.05) is 36.4 Å². The molecule has 16 heteroatoms. The minimum atomic E-state index is -4.66. The lowest BCUT2D eigenvalue weighted by Crippen LogP contribution is -2.54. The van der Waals surface area contributed by atoms with E-state index in [4.69, 9.17) is 5.10 Å². The lowest BCUT2D eigenvalue weighted by atomic mass is 9.83. The quantitative estimate of drug-likeness (QED) is 0.156. The predicted octanol–water partition coefficient (Wildman–Crippen LogP) is 6.71. The Morgan fingerprint density at radius 1 is 0.982 bits per heavy atom. The molecule has 2 unspecified atom stereocenters. The van der Waals surface area contributed by atoms with Gasteiger partial charge in [-0.2, -0.15) is 18.3 Å². The fraction of sp³-hybridized carbons (Fsp3) is 0.410. The Morgan fingerprint density at radius 3 is 2.56 bits per heavy atom. The zero-order chi connectivity index (χ0) is 38.5. The second-order valence-corrected chi connectivity index (χ2v) is 14.8. The van der Waals surface area contributed by atoms with Crippen molar-refractivity contribution < 1.29 is 36.6 Å². The van der Waals surface area contributed by atoms with E-state index in [1.54, 1.807) is 53.7 Å². The molecule has 2 aromatic carbocycles. The molecule has 5 heterocycles. The standard InChI is InChI=1S/C39H39F5N8O3/c40-38(41)22-50(14-12-30(38)24-6-10-29-25(16-24)18-45-19-33(29)51-15-13-35(53)48-37(51)55)20-23-4-8-28(9-5-23)52-21-26-17-27(7-11-31(26)49-52)46-36(54)32-2-1-3-34(47-32)39(42,43)44/h1-3,6-7,10-11,16-19,21,23,28,30,37,55H,4-5,8-9,12-15,20,22H2,(H,46,54)(H,48,53)/t23-,28-,30?,37?. The van der Waals surface area contributed by atoms with Gasteiger partial charge in [0.15, 0.2) is 0 Å². The molecule has 8 rings (SSSR count). The molecule has 3 aliphatic rings. The first kappa shape index (κ1) is 36.7. The number of rotatable bonds is 7. The summed E-state index contributed by atoms with van der Waals surface area (Å²) in [5.41, 5.74) is 0.803. The highest BCUT2D eigenvalue weighted by molar-refractivity contribution is 6.03. The third kappa shape index (κ3) is 7.70. The molecule has 1 saturated carbocycles. The maximum Gasteiger partial charge on any atom is 0.433 e. The number of hydrogen-bond donors (Lipinski definition) is 3. The molecule has 2 amide bonds. The number of aliphatic hydroxyl groups excluding tert-OH is 1. The van der Waals surface area contributed by atoms with E-state index in [0.717, 1.165) is 48.6 Å². The molecule has 288 valence electrons. The van der Waals surface area contributed by atoms with Crippen LogP contribution in [0.25, 0.3) is 21.7 Å². The van der Waals surface area contributed by atoms with Gasteiger partial charge in [-0.25, -0.2) is 13.8 Å². The topological polar surface area (TPSA) is 129 Å². The van der Waals surface area contributed by atoms with Crippen LogP contribution in [-0.4, -0.2) is 80.0 Å². The monoisotopic (exact) mass is 762 g/mol. The van der Waals surface area contributed by atoms with Gasteiger partial charge in [-0.1, -0.05) is 18.2 Å². The molecule has 3 N–H and O–H groups in total. The lowest BCUT2D eigenvalue weighted by molar-refractivity contribution is -0.141. The number of alkyl halides is 5. The lowest BCUT2D eigenvalue weighted by Gasteiger charge is -2.41. The Kier molecular flexibility index (Phi) is 9.65. The molecule has 0 radical (unpaired) electrons. The van der Waals surface area contributed by atoms with E-state index in [-0.39, 0.29) is 36.5 Å². The van der Waals surface area contributed by atoms with Gasteiger partial charge in [0.1, 0.15) is 11.4 Å². The smallest absolute Gasteiger partial charge is 0.356 e. The zero-order valence-corrected chi connectivity index (χ0v) is 29.6. The normalized spacial score (nSPS) is 23.5. The molecule has 0 spiro atoms. The summed E-state index contributed by atoms with van der Waals surface area (Å²) in [5.74, 6) is -4.59. The summed E-state index contributed by atoms with van der Waals surface area (Å²) < 4.78 is 72.8. The number of benzene rings is 2. The number of piperidine rings is 1. The molecule has 3 aromatic heterocycles. The van der Waals surface area contributed by atoms with Crippen molar-refractivity contribution in [3.05, 3.63) is 90.1 Å². The van der Waals surface area contributed by atoms with Crippen LogP contribution in [0.15, 0.2) is 73.2 Å². The molecular formula is C39H39F5N8O3. The summed E-state index contributed by atoms with van der Waals surface area (Å²) in [5, 5.41) is 22.5. The van der Waals surface area contributed by atoms with Gasteiger partial charge in [0.25, 0.3) is 11.8 Å². The Hall–Kier alpha value is -5.22. The average molecular weight is 763 g/mol. The van der Waals surface area contributed by atoms with E-state index in [0.29, 0.717) is 53.9 Å². The van der Waals surface area contributed by atoms with Gasteiger partial charge in [0, 0.05) is 53.8 Å². The Balaban J connectivity index is 0.857. The van der Waals surface area contributed by atoms with Gasteiger partial charge in [0.05, 0.1) is 35.9 Å². The van der Waals surface area contributed by atoms with Crippen LogP contribution in [0.2, 0.25) is 0 Å². The zero-order valence-electron chi connectivity index (χ0n) is 29.6. The summed E-state index contributed by atoms with van der Waals surface area (Å²) >= 11 is 0. The molecule has 2 saturated heterocycles. The minimum Gasteiger partial charge on any atom is -0.356 e. The van der Waals surface area contributed by atoms with Crippen LogP contribution in [-0.2, 0) is 11.0 Å². The first-order chi connectivity index (χ1) is 26.3. The van der Waals surface area contributed by atoms with Crippen molar-refractivity contribution in [1.29, 1.82) is 0 Å². The van der Waals surface area contributed by atoms with Crippen LogP contribution in [0.3, 0.4) is 0 Å². The van der Waals surface area contributed by atoms with Crippen molar-refractivity contribution in [2.45, 2.75) is 68.9 Å². The molecular weight excluding hydrogens is 723 g/mol. The first-order valence-corrected chi connectivity index (χ1v) is 18.4. The third-order valence-electron chi connectivity index (χ3n) is 11.1. The van der Waals surface area contributed by atoms with Gasteiger partial charge in [-0.3, -0.25) is 24.2 Å². The molecule has 5 aromatic rings. The molecule has 1 aliphatic carbocycles. The number of aromatic nitrogens is 4. The number of pyridine rings is 2. The number of amides is 2. The molecule has 2 aliphatic heterocycles. The van der Waals surface area contributed by atoms with Gasteiger partial charge >= 0.3 is 6.18 Å². The van der Waals surface area contributed by atoms with Crippen LogP contribution in [0, 0.1) is 5.92 Å². The van der Waals surface area contributed by atoms with Crippen LogP contribution in [0.4, 0.5) is 33.3 Å². The highest BCUT2D eigenvalue weighted by atomic mass is 19.4. The number of carbonyl (C=O) groups excluding carboxylic acids is 2. The number of fused-ring (bicyclic) bond motifs is 2. The van der Waals surface area contributed by atoms with E-state index < -0.39 is 36.0 Å². The highest BCUT2D eigenvalue weighted by Gasteiger charge is 2.46.